The van der Waals surface area contributed by atoms with Crippen molar-refractivity contribution in [1.29, 1.82) is 0 Å². The number of carbonyl (C=O) groups is 1. The van der Waals surface area contributed by atoms with E-state index in [1.54, 1.807) is 0 Å². The average molecular weight is 328 g/mol. The zero-order valence-electron chi connectivity index (χ0n) is 16.2. The van der Waals surface area contributed by atoms with Crippen molar-refractivity contribution in [2.75, 3.05) is 0 Å². The zero-order valence-corrected chi connectivity index (χ0v) is 16.2. The van der Waals surface area contributed by atoms with Crippen LogP contribution in [0, 0.1) is 17.8 Å². The molecule has 0 aromatic heterocycles. The summed E-state index contributed by atoms with van der Waals surface area (Å²) in [6, 6.07) is 0. The third-order valence-corrected chi connectivity index (χ3v) is 4.51. The van der Waals surface area contributed by atoms with Crippen molar-refractivity contribution in [2.45, 2.75) is 92.4 Å². The Labute approximate surface area is 144 Å². The molecule has 0 heterocycles. The van der Waals surface area contributed by atoms with Gasteiger partial charge in [-0.25, -0.2) is 4.79 Å². The maximum atomic E-state index is 10.5. The molecule has 0 aliphatic carbocycles. The summed E-state index contributed by atoms with van der Waals surface area (Å²) < 4.78 is 0. The molecule has 0 radical (unpaired) electrons. The van der Waals surface area contributed by atoms with Gasteiger partial charge >= 0.3 is 5.97 Å². The predicted molar refractivity (Wildman–Crippen MR) is 101 cm³/mol. The van der Waals surface area contributed by atoms with Crippen LogP contribution in [0.4, 0.5) is 0 Å². The van der Waals surface area contributed by atoms with E-state index >= 15 is 0 Å². The first-order valence-corrected chi connectivity index (χ1v) is 9.21. The lowest BCUT2D eigenvalue weighted by Gasteiger charge is -2.15. The van der Waals surface area contributed by atoms with E-state index in [0.717, 1.165) is 36.2 Å². The van der Waals surface area contributed by atoms with E-state index in [4.69, 9.17) is 5.11 Å². The van der Waals surface area contributed by atoms with E-state index < -0.39 is 5.97 Å². The lowest BCUT2D eigenvalue weighted by molar-refractivity contribution is -0.131. The first kappa shape index (κ1) is 24.4. The minimum absolute atomic E-state index is 0. The van der Waals surface area contributed by atoms with Crippen LogP contribution in [0.2, 0.25) is 0 Å². The number of rotatable bonds is 13. The van der Waals surface area contributed by atoms with Crippen LogP contribution in [0.3, 0.4) is 0 Å². The summed E-state index contributed by atoms with van der Waals surface area (Å²) in [5.41, 5.74) is 0.985. The summed E-state index contributed by atoms with van der Waals surface area (Å²) in [5, 5.41) is 8.68. The molecule has 0 unspecified atom stereocenters. The fraction of sp³-hybridized carbons (Fsp3) is 0.850. The highest BCUT2D eigenvalue weighted by Gasteiger charge is 2.06. The summed E-state index contributed by atoms with van der Waals surface area (Å²) in [7, 11) is 0. The molecule has 0 spiro atoms. The number of hydrogen-bond acceptors (Lipinski definition) is 2. The molecule has 0 bridgehead atoms. The molecule has 23 heavy (non-hydrogen) atoms. The van der Waals surface area contributed by atoms with Gasteiger partial charge in [-0.05, 0) is 37.5 Å². The summed E-state index contributed by atoms with van der Waals surface area (Å²) in [6.07, 6.45) is 12.7. The van der Waals surface area contributed by atoms with Gasteiger partial charge in [-0.2, -0.15) is 0 Å². The molecule has 0 rings (SSSR count). The van der Waals surface area contributed by atoms with Crippen molar-refractivity contribution in [2.24, 2.45) is 17.8 Å². The smallest absolute Gasteiger partial charge is 0.328 e. The molecule has 0 aliphatic heterocycles. The first-order chi connectivity index (χ1) is 10.3. The highest BCUT2D eigenvalue weighted by Crippen LogP contribution is 2.21. The van der Waals surface area contributed by atoms with Crippen molar-refractivity contribution in [1.82, 2.24) is 6.15 Å². The Balaban J connectivity index is 0. The first-order valence-electron chi connectivity index (χ1n) is 9.21. The second kappa shape index (κ2) is 14.7. The normalized spacial score (nSPS) is 14.4. The molecular formula is C20H41NO2. The maximum absolute atomic E-state index is 10.5. The third kappa shape index (κ3) is 17.4. The van der Waals surface area contributed by atoms with E-state index in [2.05, 4.69) is 27.7 Å². The number of carboxylic acids is 1. The van der Waals surface area contributed by atoms with Crippen molar-refractivity contribution < 1.29 is 9.90 Å². The number of carboxylic acid groups (broad SMARTS) is 1. The van der Waals surface area contributed by atoms with Crippen LogP contribution in [-0.2, 0) is 4.79 Å². The molecule has 138 valence electrons. The Bertz CT molecular complexity index is 324. The Morgan fingerprint density at radius 2 is 1.30 bits per heavy atom. The van der Waals surface area contributed by atoms with Gasteiger partial charge in [0, 0.05) is 6.08 Å². The Morgan fingerprint density at radius 3 is 1.74 bits per heavy atom. The fourth-order valence-corrected chi connectivity index (χ4v) is 2.99. The van der Waals surface area contributed by atoms with Gasteiger partial charge in [0.05, 0.1) is 0 Å². The highest BCUT2D eigenvalue weighted by molar-refractivity contribution is 5.80. The molecule has 0 saturated carbocycles. The summed E-state index contributed by atoms with van der Waals surface area (Å²) in [5.74, 6) is 1.65. The quantitative estimate of drug-likeness (QED) is 0.373. The van der Waals surface area contributed by atoms with Gasteiger partial charge in [0.15, 0.2) is 0 Å². The van der Waals surface area contributed by atoms with Crippen LogP contribution < -0.4 is 6.15 Å². The molecule has 4 N–H and O–H groups in total. The van der Waals surface area contributed by atoms with Crippen LogP contribution in [0.25, 0.3) is 0 Å². The van der Waals surface area contributed by atoms with Gasteiger partial charge < -0.3 is 11.3 Å². The Hall–Kier alpha value is -0.830. The molecule has 2 atom stereocenters. The number of allylic oxidation sites excluding steroid dienone is 1. The fourth-order valence-electron chi connectivity index (χ4n) is 2.99. The summed E-state index contributed by atoms with van der Waals surface area (Å²) in [4.78, 5) is 10.5. The molecule has 3 heteroatoms. The summed E-state index contributed by atoms with van der Waals surface area (Å²) >= 11 is 0. The standard InChI is InChI=1S/C20H38O2.H3N/c1-16(2)9-6-10-17(3)11-7-12-18(4)13-8-14-19(5)15-20(21)22;/h15-18H,6-14H2,1-5H3,(H,21,22);1H3/b19-15+;/t17-,18-;/m1./s1. The number of hydrogen-bond donors (Lipinski definition) is 2. The van der Waals surface area contributed by atoms with Crippen LogP contribution >= 0.6 is 0 Å². The van der Waals surface area contributed by atoms with Crippen molar-refractivity contribution in [3.8, 4) is 0 Å². The van der Waals surface area contributed by atoms with Crippen molar-refractivity contribution >= 4 is 5.97 Å². The predicted octanol–water partition coefficient (Wildman–Crippen LogP) is 6.62. The average Bonchev–Trinajstić information content (AvgIpc) is 2.37. The Kier molecular flexibility index (Phi) is 15.7. The minimum Gasteiger partial charge on any atom is -0.478 e. The zero-order chi connectivity index (χ0) is 17.0. The van der Waals surface area contributed by atoms with Crippen LogP contribution in [0.15, 0.2) is 11.6 Å². The molecule has 0 aromatic carbocycles. The van der Waals surface area contributed by atoms with E-state index in [1.807, 2.05) is 6.92 Å². The van der Waals surface area contributed by atoms with Gasteiger partial charge in [0.2, 0.25) is 0 Å². The Morgan fingerprint density at radius 1 is 0.870 bits per heavy atom. The number of aliphatic carboxylic acids is 1. The molecule has 3 nitrogen and oxygen atoms in total. The third-order valence-electron chi connectivity index (χ3n) is 4.51. The topological polar surface area (TPSA) is 72.3 Å². The minimum atomic E-state index is -0.822. The lowest BCUT2D eigenvalue weighted by Crippen LogP contribution is -2.00. The van der Waals surface area contributed by atoms with Gasteiger partial charge in [-0.1, -0.05) is 78.2 Å². The van der Waals surface area contributed by atoms with Crippen LogP contribution in [0.1, 0.15) is 92.4 Å². The van der Waals surface area contributed by atoms with Gasteiger partial charge in [-0.15, -0.1) is 0 Å². The second-order valence-electron chi connectivity index (χ2n) is 7.69. The molecule has 0 aromatic rings. The maximum Gasteiger partial charge on any atom is 0.328 e. The monoisotopic (exact) mass is 327 g/mol. The van der Waals surface area contributed by atoms with Crippen molar-refractivity contribution in [3.63, 3.8) is 0 Å². The van der Waals surface area contributed by atoms with E-state index in [9.17, 15) is 4.79 Å². The van der Waals surface area contributed by atoms with E-state index in [0.29, 0.717) is 0 Å². The SMILES string of the molecule is C/C(=C\C(=O)O)CCC[C@H](C)CCC[C@H](C)CCCC(C)C.N. The van der Waals surface area contributed by atoms with Gasteiger partial charge in [0.25, 0.3) is 0 Å². The van der Waals surface area contributed by atoms with Crippen molar-refractivity contribution in [3.05, 3.63) is 11.6 Å². The molecule has 0 fully saturated rings. The largest absolute Gasteiger partial charge is 0.478 e. The van der Waals surface area contributed by atoms with Crippen LogP contribution in [-0.4, -0.2) is 11.1 Å². The van der Waals surface area contributed by atoms with E-state index in [1.165, 1.54) is 51.0 Å². The van der Waals surface area contributed by atoms with Crippen LogP contribution in [0.5, 0.6) is 0 Å². The lowest BCUT2D eigenvalue weighted by atomic mass is 9.91. The highest BCUT2D eigenvalue weighted by atomic mass is 16.4. The summed E-state index contributed by atoms with van der Waals surface area (Å²) in [6.45, 7) is 11.3. The molecule has 0 saturated heterocycles. The molecule has 0 amide bonds. The molecular weight excluding hydrogens is 286 g/mol. The second-order valence-corrected chi connectivity index (χ2v) is 7.69. The van der Waals surface area contributed by atoms with Gasteiger partial charge in [-0.3, -0.25) is 0 Å². The van der Waals surface area contributed by atoms with E-state index in [-0.39, 0.29) is 6.15 Å². The van der Waals surface area contributed by atoms with Gasteiger partial charge in [0.1, 0.15) is 0 Å². The molecule has 0 aliphatic rings.